The number of hydrogen-bond acceptors (Lipinski definition) is 4. The predicted octanol–water partition coefficient (Wildman–Crippen LogP) is 3.03. The molecule has 0 aliphatic carbocycles. The first-order valence-corrected chi connectivity index (χ1v) is 8.24. The van der Waals surface area contributed by atoms with Crippen molar-refractivity contribution in [2.75, 3.05) is 19.6 Å². The molecule has 3 rings (SSSR count). The molecule has 1 fully saturated rings. The fourth-order valence-electron chi connectivity index (χ4n) is 2.90. The number of aryl methyl sites for hydroxylation is 1. The van der Waals surface area contributed by atoms with Crippen LogP contribution in [0.1, 0.15) is 29.0 Å². The van der Waals surface area contributed by atoms with Crippen LogP contribution in [-0.4, -0.2) is 30.7 Å². The van der Waals surface area contributed by atoms with E-state index in [4.69, 9.17) is 16.1 Å². The number of rotatable bonds is 4. The molecular weight excluding hydrogens is 314 g/mol. The Balaban J connectivity index is 1.78. The average molecular weight is 334 g/mol. The van der Waals surface area contributed by atoms with Gasteiger partial charge < -0.3 is 15.2 Å². The molecule has 2 aromatic rings. The van der Waals surface area contributed by atoms with E-state index >= 15 is 0 Å². The first-order chi connectivity index (χ1) is 11.2. The van der Waals surface area contributed by atoms with Crippen LogP contribution in [0, 0.1) is 12.8 Å². The number of carbonyl (C=O) groups is 1. The summed E-state index contributed by atoms with van der Waals surface area (Å²) in [5.74, 6) is 0.806. The summed E-state index contributed by atoms with van der Waals surface area (Å²) in [7, 11) is 0. The van der Waals surface area contributed by atoms with Crippen molar-refractivity contribution in [3.8, 4) is 11.3 Å². The zero-order valence-electron chi connectivity index (χ0n) is 13.1. The third-order valence-electron chi connectivity index (χ3n) is 4.17. The molecule has 1 aliphatic heterocycles. The smallest absolute Gasteiger partial charge is 0.257 e. The van der Waals surface area contributed by atoms with Crippen molar-refractivity contribution in [1.82, 2.24) is 15.8 Å². The molecule has 2 N–H and O–H groups in total. The van der Waals surface area contributed by atoms with E-state index in [9.17, 15) is 4.79 Å². The highest BCUT2D eigenvalue weighted by Crippen LogP contribution is 2.30. The molecule has 5 nitrogen and oxygen atoms in total. The van der Waals surface area contributed by atoms with Crippen LogP contribution in [0.25, 0.3) is 11.3 Å². The van der Waals surface area contributed by atoms with Gasteiger partial charge in [0.15, 0.2) is 0 Å². The minimum absolute atomic E-state index is 0.163. The molecule has 0 saturated carbocycles. The largest absolute Gasteiger partial charge is 0.360 e. The first kappa shape index (κ1) is 16.0. The van der Waals surface area contributed by atoms with Crippen molar-refractivity contribution in [3.63, 3.8) is 0 Å². The normalized spacial score (nSPS) is 17.9. The molecule has 0 spiro atoms. The van der Waals surface area contributed by atoms with E-state index < -0.39 is 0 Å². The van der Waals surface area contributed by atoms with Crippen LogP contribution in [0.4, 0.5) is 0 Å². The monoisotopic (exact) mass is 333 g/mol. The van der Waals surface area contributed by atoms with Gasteiger partial charge in [0, 0.05) is 12.1 Å². The van der Waals surface area contributed by atoms with Gasteiger partial charge in [-0.15, -0.1) is 0 Å². The lowest BCUT2D eigenvalue weighted by molar-refractivity contribution is 0.0944. The molecule has 0 bridgehead atoms. The van der Waals surface area contributed by atoms with Gasteiger partial charge >= 0.3 is 0 Å². The van der Waals surface area contributed by atoms with E-state index in [1.807, 2.05) is 18.2 Å². The molecule has 1 aromatic heterocycles. The van der Waals surface area contributed by atoms with Crippen LogP contribution < -0.4 is 10.6 Å². The minimum Gasteiger partial charge on any atom is -0.360 e. The summed E-state index contributed by atoms with van der Waals surface area (Å²) in [5.41, 5.74) is 1.66. The zero-order chi connectivity index (χ0) is 16.2. The van der Waals surface area contributed by atoms with Crippen molar-refractivity contribution in [1.29, 1.82) is 0 Å². The van der Waals surface area contributed by atoms with Crippen LogP contribution in [0.5, 0.6) is 0 Å². The topological polar surface area (TPSA) is 67.2 Å². The van der Waals surface area contributed by atoms with E-state index in [-0.39, 0.29) is 5.91 Å². The lowest BCUT2D eigenvalue weighted by atomic mass is 9.99. The molecule has 2 heterocycles. The molecule has 1 aliphatic rings. The van der Waals surface area contributed by atoms with Gasteiger partial charge in [-0.3, -0.25) is 4.79 Å². The second-order valence-corrected chi connectivity index (χ2v) is 6.27. The van der Waals surface area contributed by atoms with Crippen LogP contribution in [-0.2, 0) is 0 Å². The number of piperidine rings is 1. The van der Waals surface area contributed by atoms with Crippen LogP contribution in [0.15, 0.2) is 28.8 Å². The fourth-order valence-corrected chi connectivity index (χ4v) is 3.13. The minimum atomic E-state index is -0.163. The summed E-state index contributed by atoms with van der Waals surface area (Å²) in [6.45, 7) is 4.40. The van der Waals surface area contributed by atoms with Crippen molar-refractivity contribution >= 4 is 17.5 Å². The maximum Gasteiger partial charge on any atom is 0.257 e. The third kappa shape index (κ3) is 3.57. The van der Waals surface area contributed by atoms with E-state index in [1.54, 1.807) is 13.0 Å². The Bertz CT molecular complexity index is 693. The zero-order valence-corrected chi connectivity index (χ0v) is 13.8. The Morgan fingerprint density at radius 2 is 2.30 bits per heavy atom. The summed E-state index contributed by atoms with van der Waals surface area (Å²) >= 11 is 6.22. The van der Waals surface area contributed by atoms with Gasteiger partial charge in [-0.25, -0.2) is 0 Å². The second-order valence-electron chi connectivity index (χ2n) is 5.86. The number of amides is 1. The van der Waals surface area contributed by atoms with Crippen molar-refractivity contribution in [3.05, 3.63) is 40.6 Å². The highest BCUT2D eigenvalue weighted by atomic mass is 35.5. The standard InChI is InChI=1S/C17H20ClN3O2/c1-11-15(17(22)20-10-12-5-4-8-19-9-12)16(21-23-11)13-6-2-3-7-14(13)18/h2-3,6-7,12,19H,4-5,8-10H2,1H3,(H,20,22). The molecule has 6 heteroatoms. The Labute approximate surface area is 140 Å². The highest BCUT2D eigenvalue weighted by molar-refractivity contribution is 6.33. The van der Waals surface area contributed by atoms with Crippen LogP contribution >= 0.6 is 11.6 Å². The highest BCUT2D eigenvalue weighted by Gasteiger charge is 2.23. The summed E-state index contributed by atoms with van der Waals surface area (Å²) in [5, 5.41) is 10.9. The number of halogens is 1. The second kappa shape index (κ2) is 7.15. The van der Waals surface area contributed by atoms with Crippen LogP contribution in [0.2, 0.25) is 5.02 Å². The molecule has 122 valence electrons. The van der Waals surface area contributed by atoms with Crippen molar-refractivity contribution < 1.29 is 9.32 Å². The lowest BCUT2D eigenvalue weighted by Gasteiger charge is -2.22. The quantitative estimate of drug-likeness (QED) is 0.902. The maximum absolute atomic E-state index is 12.6. The number of carbonyl (C=O) groups excluding carboxylic acids is 1. The number of nitrogens with zero attached hydrogens (tertiary/aromatic N) is 1. The number of nitrogens with one attached hydrogen (secondary N) is 2. The van der Waals surface area contributed by atoms with Gasteiger partial charge in [0.2, 0.25) is 0 Å². The molecule has 23 heavy (non-hydrogen) atoms. The van der Waals surface area contributed by atoms with Gasteiger partial charge in [0.25, 0.3) is 5.91 Å². The van der Waals surface area contributed by atoms with E-state index in [1.165, 1.54) is 0 Å². The average Bonchev–Trinajstić information content (AvgIpc) is 2.95. The molecule has 0 radical (unpaired) electrons. The number of benzene rings is 1. The SMILES string of the molecule is Cc1onc(-c2ccccc2Cl)c1C(=O)NCC1CCCNC1. The number of aromatic nitrogens is 1. The summed E-state index contributed by atoms with van der Waals surface area (Å²) in [6.07, 6.45) is 2.28. The Hall–Kier alpha value is -1.85. The molecule has 1 atom stereocenters. The molecule has 1 saturated heterocycles. The molecule has 1 amide bonds. The van der Waals surface area contributed by atoms with Crippen molar-refractivity contribution in [2.45, 2.75) is 19.8 Å². The maximum atomic E-state index is 12.6. The van der Waals surface area contributed by atoms with Gasteiger partial charge in [-0.2, -0.15) is 0 Å². The van der Waals surface area contributed by atoms with E-state index in [0.29, 0.717) is 40.1 Å². The van der Waals surface area contributed by atoms with Crippen LogP contribution in [0.3, 0.4) is 0 Å². The van der Waals surface area contributed by atoms with Gasteiger partial charge in [0.05, 0.1) is 5.02 Å². The van der Waals surface area contributed by atoms with Gasteiger partial charge in [-0.1, -0.05) is 35.0 Å². The molecular formula is C17H20ClN3O2. The van der Waals surface area contributed by atoms with Crippen molar-refractivity contribution in [2.24, 2.45) is 5.92 Å². The third-order valence-corrected chi connectivity index (χ3v) is 4.50. The van der Waals surface area contributed by atoms with Gasteiger partial charge in [0.1, 0.15) is 17.0 Å². The fraction of sp³-hybridized carbons (Fsp3) is 0.412. The summed E-state index contributed by atoms with van der Waals surface area (Å²) < 4.78 is 5.24. The Morgan fingerprint density at radius 1 is 1.48 bits per heavy atom. The summed E-state index contributed by atoms with van der Waals surface area (Å²) in [4.78, 5) is 12.6. The van der Waals surface area contributed by atoms with E-state index in [0.717, 1.165) is 25.9 Å². The summed E-state index contributed by atoms with van der Waals surface area (Å²) in [6, 6.07) is 7.31. The first-order valence-electron chi connectivity index (χ1n) is 7.87. The Morgan fingerprint density at radius 3 is 3.04 bits per heavy atom. The molecule has 1 aromatic carbocycles. The Kier molecular flexibility index (Phi) is 4.98. The number of hydrogen-bond donors (Lipinski definition) is 2. The predicted molar refractivity (Wildman–Crippen MR) is 89.6 cm³/mol. The molecule has 1 unspecified atom stereocenters. The van der Waals surface area contributed by atoms with E-state index in [2.05, 4.69) is 15.8 Å². The lowest BCUT2D eigenvalue weighted by Crippen LogP contribution is -2.38. The van der Waals surface area contributed by atoms with Gasteiger partial charge in [-0.05, 0) is 44.8 Å².